The SMILES string of the molecule is C[C@@H](NC(=O)/C=C/c1nn(Cc2ccccc2)c2c1CS(=O)(=O)CC2)c1ccccc1.C[C@@H](NS(=O)(=O)/C=C/c1nn(-c2ccc(F)cc2F)c2c1CSCC2Cc1cccc(F)c1)C1CCCCC1.C[C@H](NS(=O)(=O)/C=C/c1nn(-c2ccc(F)cc2F)c2c1CSCC2Cc1cccc(F)c1)c1ccccc1. The van der Waals surface area contributed by atoms with Gasteiger partial charge in [-0.3, -0.25) is 9.48 Å². The Hall–Kier alpha value is -9.09. The first-order chi connectivity index (χ1) is 52.3. The third kappa shape index (κ3) is 20.9. The van der Waals surface area contributed by atoms with Gasteiger partial charge in [0.15, 0.2) is 21.5 Å². The molecule has 7 aromatic carbocycles. The van der Waals surface area contributed by atoms with Gasteiger partial charge in [0.05, 0.1) is 52.6 Å². The molecule has 109 heavy (non-hydrogen) atoms. The highest BCUT2D eigenvalue weighted by atomic mass is 32.2. The smallest absolute Gasteiger partial charge is 0.244 e. The fourth-order valence-electron chi connectivity index (χ4n) is 14.2. The van der Waals surface area contributed by atoms with E-state index in [1.165, 1.54) is 76.5 Å². The van der Waals surface area contributed by atoms with E-state index in [-0.39, 0.29) is 64.3 Å². The molecule has 1 saturated carbocycles. The first kappa shape index (κ1) is 79.5. The maximum Gasteiger partial charge on any atom is 0.244 e. The van der Waals surface area contributed by atoms with Gasteiger partial charge in [0.25, 0.3) is 0 Å². The molecule has 5 atom stereocenters. The highest BCUT2D eigenvalue weighted by Crippen LogP contribution is 2.42. The lowest BCUT2D eigenvalue weighted by Gasteiger charge is -2.27. The lowest BCUT2D eigenvalue weighted by molar-refractivity contribution is -0.117. The number of thioether (sulfide) groups is 2. The van der Waals surface area contributed by atoms with Crippen LogP contribution in [-0.4, -0.2) is 83.8 Å². The van der Waals surface area contributed by atoms with Crippen molar-refractivity contribution in [3.8, 4) is 11.4 Å². The molecule has 27 heteroatoms. The van der Waals surface area contributed by atoms with E-state index in [0.29, 0.717) is 83.1 Å². The number of sulfone groups is 1. The Balaban J connectivity index is 0.000000154. The van der Waals surface area contributed by atoms with Crippen LogP contribution in [0.25, 0.3) is 29.6 Å². The number of sulfonamides is 2. The van der Waals surface area contributed by atoms with E-state index in [1.807, 2.05) is 122 Å². The van der Waals surface area contributed by atoms with Gasteiger partial charge in [0.2, 0.25) is 26.0 Å². The van der Waals surface area contributed by atoms with Gasteiger partial charge in [-0.2, -0.15) is 38.8 Å². The van der Waals surface area contributed by atoms with Crippen LogP contribution in [-0.2, 0) is 77.7 Å². The lowest BCUT2D eigenvalue weighted by atomic mass is 9.85. The molecular weight excluding hydrogens is 1500 g/mol. The maximum absolute atomic E-state index is 14.9. The number of nitrogens with zero attached hydrogens (tertiary/aromatic N) is 6. The van der Waals surface area contributed by atoms with E-state index in [4.69, 9.17) is 0 Å². The Bertz CT molecular complexity index is 5330. The number of amides is 1. The van der Waals surface area contributed by atoms with Crippen molar-refractivity contribution in [2.24, 2.45) is 5.92 Å². The number of halogens is 6. The van der Waals surface area contributed by atoms with Crippen molar-refractivity contribution in [1.29, 1.82) is 0 Å². The number of carbonyl (C=O) groups excluding carboxylic acids is 1. The van der Waals surface area contributed by atoms with Crippen molar-refractivity contribution in [3.05, 3.63) is 306 Å². The average Bonchev–Trinajstić information content (AvgIpc) is 1.63. The van der Waals surface area contributed by atoms with Crippen molar-refractivity contribution in [3.63, 3.8) is 0 Å². The number of hydrogen-bond acceptors (Lipinski definition) is 12. The molecule has 3 aromatic heterocycles. The Kier molecular flexibility index (Phi) is 26.0. The molecular formula is C82H83F6N9O7S5. The van der Waals surface area contributed by atoms with Crippen LogP contribution >= 0.6 is 23.5 Å². The van der Waals surface area contributed by atoms with Crippen LogP contribution in [0.2, 0.25) is 0 Å². The minimum absolute atomic E-state index is 0.0428. The number of benzene rings is 7. The Labute approximate surface area is 640 Å². The van der Waals surface area contributed by atoms with Crippen molar-refractivity contribution < 1.29 is 56.4 Å². The molecule has 16 nitrogen and oxygen atoms in total. The predicted octanol–water partition coefficient (Wildman–Crippen LogP) is 16.5. The zero-order valence-corrected chi connectivity index (χ0v) is 64.2. The van der Waals surface area contributed by atoms with Gasteiger partial charge in [-0.15, -0.1) is 0 Å². The zero-order valence-electron chi connectivity index (χ0n) is 60.1. The summed E-state index contributed by atoms with van der Waals surface area (Å²) in [5.41, 5.74) is 10.6. The van der Waals surface area contributed by atoms with Crippen molar-refractivity contribution in [2.45, 2.75) is 126 Å². The van der Waals surface area contributed by atoms with Crippen molar-refractivity contribution >= 4 is 77.5 Å². The quantitative estimate of drug-likeness (QED) is 0.0428. The topological polar surface area (TPSA) is 209 Å². The summed E-state index contributed by atoms with van der Waals surface area (Å²) in [6.07, 6.45) is 12.8. The van der Waals surface area contributed by atoms with Crippen LogP contribution in [0, 0.1) is 40.8 Å². The molecule has 0 radical (unpaired) electrons. The van der Waals surface area contributed by atoms with Gasteiger partial charge in [0.1, 0.15) is 34.6 Å². The van der Waals surface area contributed by atoms with Gasteiger partial charge in [-0.05, 0) is 147 Å². The first-order valence-electron chi connectivity index (χ1n) is 35.9. The van der Waals surface area contributed by atoms with E-state index >= 15 is 0 Å². The molecule has 570 valence electrons. The predicted molar refractivity (Wildman–Crippen MR) is 419 cm³/mol. The second kappa shape index (κ2) is 35.7. The molecule has 0 saturated heterocycles. The molecule has 10 aromatic rings. The summed E-state index contributed by atoms with van der Waals surface area (Å²) in [5.74, 6) is -1.34. The van der Waals surface area contributed by atoms with E-state index < -0.39 is 59.2 Å². The minimum Gasteiger partial charge on any atom is -0.346 e. The van der Waals surface area contributed by atoms with Gasteiger partial charge in [-0.1, -0.05) is 135 Å². The van der Waals surface area contributed by atoms with Crippen molar-refractivity contribution in [2.75, 3.05) is 17.3 Å². The normalized spacial score (nSPS) is 17.3. The van der Waals surface area contributed by atoms with Gasteiger partial charge in [0, 0.05) is 105 Å². The summed E-state index contributed by atoms with van der Waals surface area (Å²) in [4.78, 5) is 12.4. The van der Waals surface area contributed by atoms with Gasteiger partial charge in [-0.25, -0.2) is 70.4 Å². The van der Waals surface area contributed by atoms with Gasteiger partial charge < -0.3 is 5.32 Å². The highest BCUT2D eigenvalue weighted by Gasteiger charge is 2.34. The van der Waals surface area contributed by atoms with Crippen LogP contribution in [0.3, 0.4) is 0 Å². The molecule has 2 unspecified atom stereocenters. The van der Waals surface area contributed by atoms with E-state index in [2.05, 4.69) is 30.1 Å². The number of aromatic nitrogens is 6. The molecule has 0 bridgehead atoms. The standard InChI is InChI=1S/C29H32F3N3O2S2.C29H26F3N3O2S2.C24H25N3O3S/c2*1-19(21-7-3-2-4-8-21)34-39(36,37)13-12-27-25-18-38-17-22(14-20-6-5-9-23(30)15-20)29(25)35(33-27)28-11-10-24(31)16-26(28)32;1-18(20-10-6-3-7-11-20)25-24(28)13-12-22-21-17-31(29,30)15-14-23(21)27(26-22)16-19-8-4-2-5-9-19/h5-6,9-13,15-16,19,21-22,34H,2-4,7-8,14,17-18H2,1H3;2-13,15-16,19,22,34H,14,17-18H2,1H3;2-13,18H,14-17H2,1H3,(H,25,28)/b3*13-12+/t2*19-,22?;18-/m101/s1. The molecule has 1 amide bonds. The Morgan fingerprint density at radius 3 is 1.51 bits per heavy atom. The third-order valence-electron chi connectivity index (χ3n) is 19.6. The Morgan fingerprint density at radius 1 is 0.541 bits per heavy atom. The molecule has 1 aliphatic carbocycles. The van der Waals surface area contributed by atoms with Crippen LogP contribution in [0.5, 0.6) is 0 Å². The van der Waals surface area contributed by atoms with Crippen LogP contribution in [0.4, 0.5) is 26.3 Å². The molecule has 14 rings (SSSR count). The molecule has 4 aliphatic rings. The monoisotopic (exact) mass is 1580 g/mol. The molecule has 3 aliphatic heterocycles. The minimum atomic E-state index is -3.84. The number of carbonyl (C=O) groups is 1. The summed E-state index contributed by atoms with van der Waals surface area (Å²) in [7, 11) is -10.7. The van der Waals surface area contributed by atoms with E-state index in [0.717, 1.165) is 105 Å². The summed E-state index contributed by atoms with van der Waals surface area (Å²) in [5, 5.41) is 19.0. The molecule has 0 spiro atoms. The number of nitrogens with one attached hydrogen (secondary N) is 3. The van der Waals surface area contributed by atoms with Crippen LogP contribution < -0.4 is 14.8 Å². The summed E-state index contributed by atoms with van der Waals surface area (Å²) < 4.78 is 171. The van der Waals surface area contributed by atoms with Crippen LogP contribution in [0.1, 0.15) is 155 Å². The number of fused-ring (bicyclic) bond motifs is 3. The second-order valence-corrected chi connectivity index (χ2v) is 35.1. The van der Waals surface area contributed by atoms with Crippen LogP contribution in [0.15, 0.2) is 193 Å². The lowest BCUT2D eigenvalue weighted by Crippen LogP contribution is -2.37. The largest absolute Gasteiger partial charge is 0.346 e. The number of rotatable bonds is 22. The summed E-state index contributed by atoms with van der Waals surface area (Å²) in [6, 6.07) is 47.3. The summed E-state index contributed by atoms with van der Waals surface area (Å²) in [6.45, 7) is 6.14. The maximum atomic E-state index is 14.9. The third-order valence-corrected chi connectivity index (χ3v) is 25.8. The van der Waals surface area contributed by atoms with Crippen molar-refractivity contribution in [1.82, 2.24) is 44.1 Å². The molecule has 1 fully saturated rings. The fraction of sp³-hybridized carbons (Fsp3) is 0.293. The Morgan fingerprint density at radius 2 is 1.01 bits per heavy atom. The second-order valence-electron chi connectivity index (χ2n) is 27.6. The average molecular weight is 1580 g/mol. The van der Waals surface area contributed by atoms with E-state index in [1.54, 1.807) is 48.7 Å². The molecule has 6 heterocycles. The fourth-order valence-corrected chi connectivity index (χ4v) is 20.1. The van der Waals surface area contributed by atoms with E-state index in [9.17, 15) is 56.4 Å². The highest BCUT2D eigenvalue weighted by molar-refractivity contribution is 7.98. The molecule has 3 N–H and O–H groups in total. The summed E-state index contributed by atoms with van der Waals surface area (Å²) >= 11 is 3.30. The first-order valence-corrected chi connectivity index (χ1v) is 43.1. The zero-order chi connectivity index (χ0) is 77.0. The number of hydrogen-bond donors (Lipinski definition) is 3. The van der Waals surface area contributed by atoms with Gasteiger partial charge >= 0.3 is 0 Å².